The van der Waals surface area contributed by atoms with Crippen molar-refractivity contribution >= 4 is 0 Å². The third-order valence-electron chi connectivity index (χ3n) is 3.87. The number of hydrogen-bond acceptors (Lipinski definition) is 2. The van der Waals surface area contributed by atoms with E-state index in [2.05, 4.69) is 6.92 Å². The Balaban J connectivity index is 1.98. The molecule has 0 radical (unpaired) electrons. The summed E-state index contributed by atoms with van der Waals surface area (Å²) in [4.78, 5) is 0. The predicted octanol–water partition coefficient (Wildman–Crippen LogP) is 3.38. The van der Waals surface area contributed by atoms with Crippen molar-refractivity contribution in [3.05, 3.63) is 35.1 Å². The van der Waals surface area contributed by atoms with Gasteiger partial charge in [0.15, 0.2) is 0 Å². The molecule has 0 heterocycles. The number of rotatable bonds is 4. The summed E-state index contributed by atoms with van der Waals surface area (Å²) >= 11 is 0. The Bertz CT molecular complexity index is 394. The van der Waals surface area contributed by atoms with Gasteiger partial charge < -0.3 is 10.5 Å². The highest BCUT2D eigenvalue weighted by Crippen LogP contribution is 2.27. The third kappa shape index (κ3) is 3.30. The molecule has 2 rings (SSSR count). The first-order chi connectivity index (χ1) is 8.70. The van der Waals surface area contributed by atoms with Crippen molar-refractivity contribution in [1.82, 2.24) is 0 Å². The van der Waals surface area contributed by atoms with Gasteiger partial charge in [-0.2, -0.15) is 0 Å². The fourth-order valence-corrected chi connectivity index (χ4v) is 2.65. The van der Waals surface area contributed by atoms with Gasteiger partial charge in [-0.1, -0.05) is 25.8 Å². The van der Waals surface area contributed by atoms with E-state index in [1.165, 1.54) is 31.4 Å². The van der Waals surface area contributed by atoms with Gasteiger partial charge in [0.1, 0.15) is 5.82 Å². The van der Waals surface area contributed by atoms with E-state index in [0.29, 0.717) is 25.2 Å². The molecular weight excluding hydrogens is 229 g/mol. The molecule has 2 atom stereocenters. The zero-order valence-electron chi connectivity index (χ0n) is 11.0. The first-order valence-electron chi connectivity index (χ1n) is 6.79. The Morgan fingerprint density at radius 3 is 2.78 bits per heavy atom. The van der Waals surface area contributed by atoms with Crippen molar-refractivity contribution in [3.63, 3.8) is 0 Å². The minimum absolute atomic E-state index is 0.220. The Morgan fingerprint density at radius 2 is 2.06 bits per heavy atom. The lowest BCUT2D eigenvalue weighted by Gasteiger charge is -2.29. The number of benzene rings is 1. The van der Waals surface area contributed by atoms with Gasteiger partial charge in [-0.3, -0.25) is 0 Å². The summed E-state index contributed by atoms with van der Waals surface area (Å²) in [5, 5.41) is 0. The van der Waals surface area contributed by atoms with Crippen LogP contribution in [0.1, 0.15) is 43.7 Å². The SMILES string of the molecule is CC1CCCCC1OCc1cc(F)ccc1CN. The van der Waals surface area contributed by atoms with E-state index >= 15 is 0 Å². The van der Waals surface area contributed by atoms with Crippen molar-refractivity contribution in [2.75, 3.05) is 0 Å². The Kier molecular flexibility index (Phi) is 4.72. The van der Waals surface area contributed by atoms with Gasteiger partial charge in [0.05, 0.1) is 12.7 Å². The monoisotopic (exact) mass is 251 g/mol. The molecule has 1 fully saturated rings. The second-order valence-corrected chi connectivity index (χ2v) is 5.23. The Labute approximate surface area is 108 Å². The van der Waals surface area contributed by atoms with E-state index in [-0.39, 0.29) is 5.82 Å². The average molecular weight is 251 g/mol. The van der Waals surface area contributed by atoms with Crippen LogP contribution in [0.15, 0.2) is 18.2 Å². The van der Waals surface area contributed by atoms with Crippen molar-refractivity contribution in [3.8, 4) is 0 Å². The molecule has 1 aliphatic carbocycles. The minimum Gasteiger partial charge on any atom is -0.373 e. The number of ether oxygens (including phenoxy) is 1. The maximum atomic E-state index is 13.2. The van der Waals surface area contributed by atoms with Crippen molar-refractivity contribution in [2.24, 2.45) is 11.7 Å². The lowest BCUT2D eigenvalue weighted by Crippen LogP contribution is -2.25. The molecule has 100 valence electrons. The summed E-state index contributed by atoms with van der Waals surface area (Å²) in [5.74, 6) is 0.385. The first-order valence-corrected chi connectivity index (χ1v) is 6.79. The molecule has 2 nitrogen and oxygen atoms in total. The highest BCUT2D eigenvalue weighted by atomic mass is 19.1. The molecule has 0 aromatic heterocycles. The summed E-state index contributed by atoms with van der Waals surface area (Å²) in [6.07, 6.45) is 5.20. The largest absolute Gasteiger partial charge is 0.373 e. The Morgan fingerprint density at radius 1 is 1.28 bits per heavy atom. The summed E-state index contributed by atoms with van der Waals surface area (Å²) < 4.78 is 19.2. The van der Waals surface area contributed by atoms with Crippen LogP contribution in [0.2, 0.25) is 0 Å². The van der Waals surface area contributed by atoms with E-state index in [1.807, 2.05) is 0 Å². The van der Waals surface area contributed by atoms with Crippen molar-refractivity contribution < 1.29 is 9.13 Å². The molecule has 2 N–H and O–H groups in total. The molecule has 0 bridgehead atoms. The summed E-state index contributed by atoms with van der Waals surface area (Å²) in [6, 6.07) is 4.74. The third-order valence-corrected chi connectivity index (χ3v) is 3.87. The zero-order valence-corrected chi connectivity index (χ0v) is 11.0. The number of hydrogen-bond donors (Lipinski definition) is 1. The summed E-state index contributed by atoms with van der Waals surface area (Å²) in [7, 11) is 0. The zero-order chi connectivity index (χ0) is 13.0. The number of halogens is 1. The molecule has 0 spiro atoms. The maximum absolute atomic E-state index is 13.2. The van der Waals surface area contributed by atoms with Crippen LogP contribution in [-0.2, 0) is 17.9 Å². The summed E-state index contributed by atoms with van der Waals surface area (Å²) in [5.41, 5.74) is 7.52. The molecule has 18 heavy (non-hydrogen) atoms. The molecule has 1 aromatic carbocycles. The molecule has 0 amide bonds. The van der Waals surface area contributed by atoms with E-state index in [1.54, 1.807) is 6.07 Å². The van der Waals surface area contributed by atoms with Gasteiger partial charge in [0.25, 0.3) is 0 Å². The standard InChI is InChI=1S/C15H22FNO/c1-11-4-2-3-5-15(11)18-10-13-8-14(16)7-6-12(13)9-17/h6-8,11,15H,2-5,9-10,17H2,1H3. The van der Waals surface area contributed by atoms with Crippen LogP contribution in [0.25, 0.3) is 0 Å². The lowest BCUT2D eigenvalue weighted by molar-refractivity contribution is -0.0158. The quantitative estimate of drug-likeness (QED) is 0.890. The van der Waals surface area contributed by atoms with Crippen molar-refractivity contribution in [1.29, 1.82) is 0 Å². The molecule has 0 aliphatic heterocycles. The van der Waals surface area contributed by atoms with Crippen LogP contribution in [0.4, 0.5) is 4.39 Å². The van der Waals surface area contributed by atoms with Crippen LogP contribution < -0.4 is 5.73 Å². The van der Waals surface area contributed by atoms with Gasteiger partial charge in [-0.15, -0.1) is 0 Å². The smallest absolute Gasteiger partial charge is 0.123 e. The van der Waals surface area contributed by atoms with Gasteiger partial charge in [0.2, 0.25) is 0 Å². The van der Waals surface area contributed by atoms with Gasteiger partial charge >= 0.3 is 0 Å². The van der Waals surface area contributed by atoms with Gasteiger partial charge in [-0.25, -0.2) is 4.39 Å². The highest BCUT2D eigenvalue weighted by Gasteiger charge is 2.22. The normalized spacial score (nSPS) is 24.2. The molecule has 1 aliphatic rings. The molecule has 1 aromatic rings. The van der Waals surface area contributed by atoms with Gasteiger partial charge in [-0.05, 0) is 42.0 Å². The second-order valence-electron chi connectivity index (χ2n) is 5.23. The summed E-state index contributed by atoms with van der Waals surface area (Å²) in [6.45, 7) is 3.14. The van der Waals surface area contributed by atoms with Crippen LogP contribution in [-0.4, -0.2) is 6.10 Å². The second kappa shape index (κ2) is 6.30. The minimum atomic E-state index is -0.220. The van der Waals surface area contributed by atoms with Crippen LogP contribution in [0.3, 0.4) is 0 Å². The highest BCUT2D eigenvalue weighted by molar-refractivity contribution is 5.27. The fourth-order valence-electron chi connectivity index (χ4n) is 2.65. The van der Waals surface area contributed by atoms with E-state index < -0.39 is 0 Å². The predicted molar refractivity (Wildman–Crippen MR) is 70.5 cm³/mol. The first kappa shape index (κ1) is 13.5. The van der Waals surface area contributed by atoms with Crippen LogP contribution in [0, 0.1) is 11.7 Å². The fraction of sp³-hybridized carbons (Fsp3) is 0.600. The van der Waals surface area contributed by atoms with E-state index in [9.17, 15) is 4.39 Å². The maximum Gasteiger partial charge on any atom is 0.123 e. The molecule has 3 heteroatoms. The van der Waals surface area contributed by atoms with E-state index in [4.69, 9.17) is 10.5 Å². The van der Waals surface area contributed by atoms with Crippen LogP contribution >= 0.6 is 0 Å². The average Bonchev–Trinajstić information content (AvgIpc) is 2.38. The van der Waals surface area contributed by atoms with Crippen LogP contribution in [0.5, 0.6) is 0 Å². The van der Waals surface area contributed by atoms with E-state index in [0.717, 1.165) is 17.5 Å². The molecule has 2 unspecified atom stereocenters. The number of nitrogens with two attached hydrogens (primary N) is 1. The molecular formula is C15H22FNO. The topological polar surface area (TPSA) is 35.2 Å². The molecule has 1 saturated carbocycles. The van der Waals surface area contributed by atoms with Gasteiger partial charge in [0, 0.05) is 6.54 Å². The molecule has 0 saturated heterocycles. The Hall–Kier alpha value is -0.930. The van der Waals surface area contributed by atoms with Crippen molar-refractivity contribution in [2.45, 2.75) is 51.9 Å². The lowest BCUT2D eigenvalue weighted by atomic mass is 9.88.